The van der Waals surface area contributed by atoms with Gasteiger partial charge in [-0.05, 0) is 42.8 Å². The molecule has 0 spiro atoms. The number of nitrogens with zero attached hydrogens (tertiary/aromatic N) is 1. The second-order valence-electron chi connectivity index (χ2n) is 6.96. The molecule has 0 saturated carbocycles. The topological polar surface area (TPSA) is 38.7 Å². The van der Waals surface area contributed by atoms with E-state index in [1.807, 2.05) is 49.4 Å². The molecular weight excluding hydrogens is 411 g/mol. The predicted octanol–water partition coefficient (Wildman–Crippen LogP) is 5.70. The molecule has 1 unspecified atom stereocenters. The van der Waals surface area contributed by atoms with Crippen LogP contribution in [0, 0.1) is 6.92 Å². The lowest BCUT2D eigenvalue weighted by molar-refractivity contribution is -0.137. The highest BCUT2D eigenvalue weighted by Crippen LogP contribution is 2.34. The third-order valence-electron chi connectivity index (χ3n) is 4.81. The standard InChI is InChI=1S/C23H18F3NO2S/c1-15-7-10-18(11-8-15)30(28)21-12-9-17(23(24,25)26)13-19(21)22-27-20(14-29-22)16-5-3-2-4-6-16/h2-13,20H,14H2,1H3/t20-,30?/m1/s1. The maximum Gasteiger partial charge on any atom is 0.416 e. The van der Waals surface area contributed by atoms with Gasteiger partial charge in [-0.3, -0.25) is 0 Å². The summed E-state index contributed by atoms with van der Waals surface area (Å²) in [6.07, 6.45) is -4.53. The average molecular weight is 429 g/mol. The molecule has 1 aliphatic rings. The van der Waals surface area contributed by atoms with Crippen LogP contribution in [-0.2, 0) is 21.7 Å². The Morgan fingerprint density at radius 2 is 1.70 bits per heavy atom. The van der Waals surface area contributed by atoms with E-state index in [1.54, 1.807) is 12.1 Å². The molecule has 0 aliphatic carbocycles. The molecule has 0 fully saturated rings. The summed E-state index contributed by atoms with van der Waals surface area (Å²) < 4.78 is 58.9. The quantitative estimate of drug-likeness (QED) is 0.534. The van der Waals surface area contributed by atoms with Gasteiger partial charge in [0.2, 0.25) is 5.90 Å². The maximum atomic E-state index is 13.3. The van der Waals surface area contributed by atoms with Gasteiger partial charge in [0, 0.05) is 4.90 Å². The molecule has 0 amide bonds. The molecule has 30 heavy (non-hydrogen) atoms. The van der Waals surface area contributed by atoms with Gasteiger partial charge >= 0.3 is 6.18 Å². The largest absolute Gasteiger partial charge is 0.475 e. The number of alkyl halides is 3. The van der Waals surface area contributed by atoms with Crippen molar-refractivity contribution in [1.82, 2.24) is 0 Å². The minimum atomic E-state index is -4.53. The van der Waals surface area contributed by atoms with E-state index in [-0.39, 0.29) is 29.0 Å². The fourth-order valence-electron chi connectivity index (χ4n) is 3.19. The summed E-state index contributed by atoms with van der Waals surface area (Å²) in [4.78, 5) is 5.23. The van der Waals surface area contributed by atoms with Crippen molar-refractivity contribution in [3.8, 4) is 0 Å². The summed E-state index contributed by atoms with van der Waals surface area (Å²) in [7, 11) is -1.68. The van der Waals surface area contributed by atoms with E-state index in [4.69, 9.17) is 4.74 Å². The van der Waals surface area contributed by atoms with Crippen molar-refractivity contribution in [2.24, 2.45) is 4.99 Å². The lowest BCUT2D eigenvalue weighted by Crippen LogP contribution is -2.12. The fraction of sp³-hybridized carbons (Fsp3) is 0.174. The summed E-state index contributed by atoms with van der Waals surface area (Å²) in [5.74, 6) is 0.0745. The third-order valence-corrected chi connectivity index (χ3v) is 6.26. The Morgan fingerprint density at radius 1 is 1.00 bits per heavy atom. The van der Waals surface area contributed by atoms with Crippen LogP contribution in [0.3, 0.4) is 0 Å². The Kier molecular flexibility index (Phi) is 5.47. The van der Waals surface area contributed by atoms with Crippen molar-refractivity contribution in [2.75, 3.05) is 6.61 Å². The Balaban J connectivity index is 1.78. The molecule has 0 aromatic heterocycles. The fourth-order valence-corrected chi connectivity index (χ4v) is 4.37. The summed E-state index contributed by atoms with van der Waals surface area (Å²) >= 11 is 0. The number of aryl methyl sites for hydroxylation is 1. The van der Waals surface area contributed by atoms with Gasteiger partial charge in [0.05, 0.1) is 26.8 Å². The van der Waals surface area contributed by atoms with Crippen LogP contribution in [0.5, 0.6) is 0 Å². The Bertz CT molecular complexity index is 1110. The smallest absolute Gasteiger partial charge is 0.416 e. The van der Waals surface area contributed by atoms with Gasteiger partial charge in [-0.1, -0.05) is 48.0 Å². The highest BCUT2D eigenvalue weighted by molar-refractivity contribution is 7.85. The molecule has 154 valence electrons. The maximum absolute atomic E-state index is 13.3. The molecule has 7 heteroatoms. The zero-order valence-electron chi connectivity index (χ0n) is 16.0. The Hall–Kier alpha value is -2.93. The van der Waals surface area contributed by atoms with Crippen LogP contribution < -0.4 is 0 Å². The summed E-state index contributed by atoms with van der Waals surface area (Å²) in [5.41, 5.74) is 1.16. The molecule has 3 nitrogen and oxygen atoms in total. The number of hydrogen-bond donors (Lipinski definition) is 0. The van der Waals surface area contributed by atoms with Gasteiger partial charge in [-0.25, -0.2) is 9.20 Å². The summed E-state index contributed by atoms with van der Waals surface area (Å²) in [6.45, 7) is 2.12. The van der Waals surface area contributed by atoms with Crippen molar-refractivity contribution in [2.45, 2.75) is 28.9 Å². The molecule has 4 rings (SSSR count). The van der Waals surface area contributed by atoms with Crippen LogP contribution in [0.25, 0.3) is 0 Å². The molecule has 2 atom stereocenters. The molecule has 0 radical (unpaired) electrons. The normalized spacial score (nSPS) is 17.3. The number of halogens is 3. The SMILES string of the molecule is Cc1ccc(S(=O)c2ccc(C(F)(F)F)cc2C2=N[C@@H](c3ccccc3)CO2)cc1. The van der Waals surface area contributed by atoms with Crippen LogP contribution >= 0.6 is 0 Å². The van der Waals surface area contributed by atoms with Crippen molar-refractivity contribution < 1.29 is 22.1 Å². The van der Waals surface area contributed by atoms with Crippen molar-refractivity contribution in [3.05, 3.63) is 95.1 Å². The van der Waals surface area contributed by atoms with Crippen LogP contribution in [0.4, 0.5) is 13.2 Å². The first-order valence-electron chi connectivity index (χ1n) is 9.28. The number of benzene rings is 3. The van der Waals surface area contributed by atoms with Gasteiger partial charge in [-0.15, -0.1) is 0 Å². The van der Waals surface area contributed by atoms with Gasteiger partial charge < -0.3 is 4.74 Å². The molecule has 1 heterocycles. The minimum absolute atomic E-state index is 0.0745. The van der Waals surface area contributed by atoms with E-state index in [1.165, 1.54) is 6.07 Å². The number of rotatable bonds is 4. The molecule has 0 saturated heterocycles. The Morgan fingerprint density at radius 3 is 2.37 bits per heavy atom. The number of hydrogen-bond acceptors (Lipinski definition) is 3. The second-order valence-corrected chi connectivity index (χ2v) is 8.41. The molecule has 3 aromatic rings. The number of ether oxygens (including phenoxy) is 1. The van der Waals surface area contributed by atoms with Gasteiger partial charge in [0.15, 0.2) is 0 Å². The molecule has 3 aromatic carbocycles. The lowest BCUT2D eigenvalue weighted by Gasteiger charge is -2.13. The predicted molar refractivity (Wildman–Crippen MR) is 109 cm³/mol. The van der Waals surface area contributed by atoms with Gasteiger partial charge in [0.1, 0.15) is 12.6 Å². The highest BCUT2D eigenvalue weighted by Gasteiger charge is 2.33. The van der Waals surface area contributed by atoms with Crippen LogP contribution in [0.15, 0.2) is 87.6 Å². The van der Waals surface area contributed by atoms with Crippen LogP contribution in [-0.4, -0.2) is 16.7 Å². The summed E-state index contributed by atoms with van der Waals surface area (Å²) in [6, 6.07) is 19.2. The first kappa shape index (κ1) is 20.3. The van der Waals surface area contributed by atoms with Crippen LogP contribution in [0.1, 0.15) is 28.3 Å². The molecule has 1 aliphatic heterocycles. The minimum Gasteiger partial charge on any atom is -0.475 e. The van der Waals surface area contributed by atoms with E-state index in [2.05, 4.69) is 4.99 Å². The molecule has 0 bridgehead atoms. The van der Waals surface area contributed by atoms with Crippen LogP contribution in [0.2, 0.25) is 0 Å². The van der Waals surface area contributed by atoms with E-state index in [9.17, 15) is 17.4 Å². The highest BCUT2D eigenvalue weighted by atomic mass is 32.2. The van der Waals surface area contributed by atoms with Crippen molar-refractivity contribution in [3.63, 3.8) is 0 Å². The first-order chi connectivity index (χ1) is 14.3. The monoisotopic (exact) mass is 429 g/mol. The zero-order chi connectivity index (χ0) is 21.3. The van der Waals surface area contributed by atoms with Gasteiger partial charge in [-0.2, -0.15) is 13.2 Å². The van der Waals surface area contributed by atoms with E-state index in [0.29, 0.717) is 4.90 Å². The second kappa shape index (κ2) is 8.07. The van der Waals surface area contributed by atoms with E-state index >= 15 is 0 Å². The number of aliphatic imine (C=N–C) groups is 1. The lowest BCUT2D eigenvalue weighted by atomic mass is 10.1. The van der Waals surface area contributed by atoms with E-state index < -0.39 is 22.5 Å². The van der Waals surface area contributed by atoms with E-state index in [0.717, 1.165) is 23.3 Å². The first-order valence-corrected chi connectivity index (χ1v) is 10.4. The Labute approximate surface area is 174 Å². The average Bonchev–Trinajstić information content (AvgIpc) is 3.23. The zero-order valence-corrected chi connectivity index (χ0v) is 16.8. The van der Waals surface area contributed by atoms with Gasteiger partial charge in [0.25, 0.3) is 0 Å². The van der Waals surface area contributed by atoms with Crippen molar-refractivity contribution >= 4 is 16.7 Å². The molecule has 0 N–H and O–H groups in total. The van der Waals surface area contributed by atoms with Crippen molar-refractivity contribution in [1.29, 1.82) is 0 Å². The molecular formula is C23H18F3NO2S. The summed E-state index contributed by atoms with van der Waals surface area (Å²) in [5, 5.41) is 0. The third kappa shape index (κ3) is 4.16.